The van der Waals surface area contributed by atoms with Crippen molar-refractivity contribution in [1.82, 2.24) is 15.1 Å². The molecule has 1 amide bonds. The molecule has 3 heterocycles. The molecule has 0 saturated carbocycles. The molecule has 2 aromatic heterocycles. The number of ether oxygens (including phenoxy) is 1. The Morgan fingerprint density at radius 3 is 2.74 bits per heavy atom. The van der Waals surface area contributed by atoms with Crippen molar-refractivity contribution in [3.63, 3.8) is 0 Å². The molecule has 3 aromatic rings. The maximum absolute atomic E-state index is 13.2. The van der Waals surface area contributed by atoms with Crippen LogP contribution in [0.25, 0.3) is 11.3 Å². The van der Waals surface area contributed by atoms with E-state index in [0.717, 1.165) is 23.3 Å². The maximum atomic E-state index is 13.2. The second-order valence-electron chi connectivity index (χ2n) is 6.53. The van der Waals surface area contributed by atoms with Crippen molar-refractivity contribution in [1.29, 1.82) is 0 Å². The van der Waals surface area contributed by atoms with E-state index in [1.165, 1.54) is 12.1 Å². The van der Waals surface area contributed by atoms with Crippen molar-refractivity contribution in [3.05, 3.63) is 64.2 Å². The van der Waals surface area contributed by atoms with E-state index >= 15 is 0 Å². The zero-order valence-corrected chi connectivity index (χ0v) is 15.5. The molecule has 1 N–H and O–H groups in total. The highest BCUT2D eigenvalue weighted by Crippen LogP contribution is 2.24. The average molecular weight is 385 g/mol. The summed E-state index contributed by atoms with van der Waals surface area (Å²) in [6, 6.07) is 12.0. The van der Waals surface area contributed by atoms with Crippen LogP contribution in [0.15, 0.2) is 47.8 Å². The van der Waals surface area contributed by atoms with E-state index in [-0.39, 0.29) is 17.8 Å². The maximum Gasteiger partial charge on any atom is 0.272 e. The molecule has 5 nitrogen and oxygen atoms in total. The number of amides is 1. The van der Waals surface area contributed by atoms with Crippen molar-refractivity contribution >= 4 is 17.2 Å². The molecule has 0 aliphatic carbocycles. The van der Waals surface area contributed by atoms with Gasteiger partial charge in [-0.15, -0.1) is 11.3 Å². The minimum absolute atomic E-state index is 0.0730. The Morgan fingerprint density at radius 2 is 2.04 bits per heavy atom. The van der Waals surface area contributed by atoms with Gasteiger partial charge in [0.2, 0.25) is 0 Å². The van der Waals surface area contributed by atoms with Gasteiger partial charge >= 0.3 is 0 Å². The number of hydrogen-bond acceptors (Lipinski definition) is 4. The van der Waals surface area contributed by atoms with Crippen molar-refractivity contribution in [2.45, 2.75) is 25.4 Å². The summed E-state index contributed by atoms with van der Waals surface area (Å²) < 4.78 is 18.6. The Hall–Kier alpha value is -2.51. The van der Waals surface area contributed by atoms with E-state index in [1.807, 2.05) is 22.4 Å². The third-order valence-electron chi connectivity index (χ3n) is 4.75. The lowest BCUT2D eigenvalue weighted by Gasteiger charge is -2.33. The van der Waals surface area contributed by atoms with Gasteiger partial charge in [0.25, 0.3) is 5.91 Å². The van der Waals surface area contributed by atoms with Crippen LogP contribution in [-0.2, 0) is 11.3 Å². The number of hydrogen-bond donors (Lipinski definition) is 1. The fourth-order valence-electron chi connectivity index (χ4n) is 3.29. The smallest absolute Gasteiger partial charge is 0.272 e. The summed E-state index contributed by atoms with van der Waals surface area (Å²) in [5, 5.41) is 9.12. The van der Waals surface area contributed by atoms with Crippen molar-refractivity contribution < 1.29 is 13.9 Å². The summed E-state index contributed by atoms with van der Waals surface area (Å²) in [5.41, 5.74) is 1.83. The van der Waals surface area contributed by atoms with Gasteiger partial charge in [-0.1, -0.05) is 6.07 Å². The Balaban J connectivity index is 1.58. The van der Waals surface area contributed by atoms with E-state index in [1.54, 1.807) is 29.5 Å². The van der Waals surface area contributed by atoms with E-state index in [4.69, 9.17) is 4.74 Å². The first-order valence-corrected chi connectivity index (χ1v) is 9.81. The molecule has 4 rings (SSSR count). The molecular weight excluding hydrogens is 365 g/mol. The number of benzene rings is 1. The van der Waals surface area contributed by atoms with Gasteiger partial charge in [0.15, 0.2) is 0 Å². The first-order chi connectivity index (χ1) is 13.2. The second-order valence-corrected chi connectivity index (χ2v) is 7.56. The lowest BCUT2D eigenvalue weighted by atomic mass is 10.1. The topological polar surface area (TPSA) is 58.2 Å². The number of halogens is 1. The highest BCUT2D eigenvalue weighted by Gasteiger charge is 2.28. The molecule has 0 atom stereocenters. The minimum atomic E-state index is -0.299. The summed E-state index contributed by atoms with van der Waals surface area (Å²) >= 11 is 1.64. The van der Waals surface area contributed by atoms with Crippen LogP contribution in [0, 0.1) is 5.82 Å². The molecule has 0 bridgehead atoms. The summed E-state index contributed by atoms with van der Waals surface area (Å²) in [6.07, 6.45) is 1.66. The zero-order chi connectivity index (χ0) is 18.6. The summed E-state index contributed by atoms with van der Waals surface area (Å²) in [6.45, 7) is 1.91. The van der Waals surface area contributed by atoms with E-state index in [9.17, 15) is 9.18 Å². The largest absolute Gasteiger partial charge is 0.381 e. The van der Waals surface area contributed by atoms with Crippen LogP contribution in [0.3, 0.4) is 0 Å². The molecule has 0 unspecified atom stereocenters. The van der Waals surface area contributed by atoms with Crippen LogP contribution in [0.2, 0.25) is 0 Å². The zero-order valence-electron chi connectivity index (χ0n) is 14.7. The van der Waals surface area contributed by atoms with Crippen LogP contribution in [-0.4, -0.2) is 40.3 Å². The Kier molecular flexibility index (Phi) is 5.31. The lowest BCUT2D eigenvalue weighted by Crippen LogP contribution is -2.43. The van der Waals surface area contributed by atoms with Gasteiger partial charge in [0, 0.05) is 29.7 Å². The molecule has 1 aliphatic rings. The Labute approximate surface area is 160 Å². The summed E-state index contributed by atoms with van der Waals surface area (Å²) in [4.78, 5) is 16.3. The van der Waals surface area contributed by atoms with Crippen LogP contribution in [0.4, 0.5) is 4.39 Å². The minimum Gasteiger partial charge on any atom is -0.381 e. The van der Waals surface area contributed by atoms with Gasteiger partial charge in [-0.05, 0) is 54.6 Å². The summed E-state index contributed by atoms with van der Waals surface area (Å²) in [5.74, 6) is -0.372. The predicted octanol–water partition coefficient (Wildman–Crippen LogP) is 4.10. The van der Waals surface area contributed by atoms with Crippen molar-refractivity contribution in [2.24, 2.45) is 0 Å². The molecule has 0 spiro atoms. The quantitative estimate of drug-likeness (QED) is 0.719. The number of nitrogens with one attached hydrogen (secondary N) is 1. The van der Waals surface area contributed by atoms with Crippen LogP contribution in [0.1, 0.15) is 28.2 Å². The normalized spacial score (nSPS) is 15.0. The molecule has 1 saturated heterocycles. The van der Waals surface area contributed by atoms with Crippen LogP contribution < -0.4 is 0 Å². The van der Waals surface area contributed by atoms with Crippen molar-refractivity contribution in [2.75, 3.05) is 13.2 Å². The van der Waals surface area contributed by atoms with Gasteiger partial charge in [-0.2, -0.15) is 5.10 Å². The van der Waals surface area contributed by atoms with E-state index in [2.05, 4.69) is 10.2 Å². The number of H-pyrrole nitrogens is 1. The number of aromatic nitrogens is 2. The monoisotopic (exact) mass is 385 g/mol. The number of rotatable bonds is 5. The number of aromatic amines is 1. The number of nitrogens with zero attached hydrogens (tertiary/aromatic N) is 2. The van der Waals surface area contributed by atoms with Crippen LogP contribution in [0.5, 0.6) is 0 Å². The molecule has 1 fully saturated rings. The molecule has 140 valence electrons. The third-order valence-corrected chi connectivity index (χ3v) is 5.61. The number of thiophene rings is 1. The molecule has 0 radical (unpaired) electrons. The Morgan fingerprint density at radius 1 is 1.26 bits per heavy atom. The fraction of sp³-hybridized carbons (Fsp3) is 0.300. The highest BCUT2D eigenvalue weighted by molar-refractivity contribution is 7.09. The molecule has 7 heteroatoms. The average Bonchev–Trinajstić information content (AvgIpc) is 3.39. The Bertz CT molecular complexity index is 886. The molecule has 1 aliphatic heterocycles. The molecular formula is C20H20FN3O2S. The summed E-state index contributed by atoms with van der Waals surface area (Å²) in [7, 11) is 0. The van der Waals surface area contributed by atoms with Crippen molar-refractivity contribution in [3.8, 4) is 11.3 Å². The first kappa shape index (κ1) is 17.9. The van der Waals surface area contributed by atoms with Gasteiger partial charge in [0.05, 0.1) is 12.2 Å². The van der Waals surface area contributed by atoms with Crippen LogP contribution >= 0.6 is 11.3 Å². The molecule has 1 aromatic carbocycles. The second kappa shape index (κ2) is 8.02. The van der Waals surface area contributed by atoms with Gasteiger partial charge in [-0.25, -0.2) is 4.39 Å². The SMILES string of the molecule is O=C(c1cc(-c2ccc(F)cc2)n[nH]1)N(Cc1cccs1)C1CCOCC1. The van der Waals surface area contributed by atoms with Gasteiger partial charge in [0.1, 0.15) is 11.5 Å². The number of carbonyl (C=O) groups excluding carboxylic acids is 1. The first-order valence-electron chi connectivity index (χ1n) is 8.93. The third kappa shape index (κ3) is 4.09. The van der Waals surface area contributed by atoms with Gasteiger partial charge in [-0.3, -0.25) is 9.89 Å². The van der Waals surface area contributed by atoms with Gasteiger partial charge < -0.3 is 9.64 Å². The standard InChI is InChI=1S/C20H20FN3O2S/c21-15-5-3-14(4-6-15)18-12-19(23-22-18)20(25)24(13-17-2-1-11-27-17)16-7-9-26-10-8-16/h1-6,11-12,16H,7-10,13H2,(H,22,23). The predicted molar refractivity (Wildman–Crippen MR) is 102 cm³/mol. The van der Waals surface area contributed by atoms with E-state index in [0.29, 0.717) is 31.1 Å². The lowest BCUT2D eigenvalue weighted by molar-refractivity contribution is 0.0266. The van der Waals surface area contributed by atoms with E-state index < -0.39 is 0 Å². The highest BCUT2D eigenvalue weighted by atomic mass is 32.1. The number of carbonyl (C=O) groups is 1. The molecule has 27 heavy (non-hydrogen) atoms. The fourth-order valence-corrected chi connectivity index (χ4v) is 3.99.